The number of aromatic nitrogens is 1. The quantitative estimate of drug-likeness (QED) is 0.771. The Balaban J connectivity index is 1.86. The number of ether oxygens (including phenoxy) is 2. The lowest BCUT2D eigenvalue weighted by Crippen LogP contribution is -2.05. The Morgan fingerprint density at radius 2 is 2.10 bits per heavy atom. The van der Waals surface area contributed by atoms with Gasteiger partial charge >= 0.3 is 0 Å². The molecule has 1 aromatic heterocycles. The van der Waals surface area contributed by atoms with Gasteiger partial charge in [-0.25, -0.2) is 9.37 Å². The summed E-state index contributed by atoms with van der Waals surface area (Å²) in [6.07, 6.45) is 1.70. The minimum atomic E-state index is -0.266. The number of pyridine rings is 1. The summed E-state index contributed by atoms with van der Waals surface area (Å²) in [7, 11) is 1.62. The minimum absolute atomic E-state index is 0.266. The normalized spacial score (nSPS) is 10.4. The Hall–Kier alpha value is -1.66. The second-order valence-electron chi connectivity index (χ2n) is 4.33. The van der Waals surface area contributed by atoms with Crippen LogP contribution in [0.5, 0.6) is 5.88 Å². The van der Waals surface area contributed by atoms with Crippen LogP contribution in [0, 0.1) is 5.82 Å². The van der Waals surface area contributed by atoms with E-state index in [-0.39, 0.29) is 5.82 Å². The van der Waals surface area contributed by atoms with Crippen LogP contribution in [-0.4, -0.2) is 25.3 Å². The van der Waals surface area contributed by atoms with Gasteiger partial charge in [-0.2, -0.15) is 0 Å². The van der Waals surface area contributed by atoms with Gasteiger partial charge in [0, 0.05) is 19.7 Å². The van der Waals surface area contributed by atoms with Crippen LogP contribution in [-0.2, 0) is 11.3 Å². The number of halogens is 2. The van der Waals surface area contributed by atoms with E-state index in [0.29, 0.717) is 30.1 Å². The molecule has 0 aliphatic rings. The molecular formula is C15H16BrFN2O2. The van der Waals surface area contributed by atoms with Crippen LogP contribution >= 0.6 is 15.9 Å². The van der Waals surface area contributed by atoms with E-state index in [1.165, 1.54) is 6.07 Å². The lowest BCUT2D eigenvalue weighted by Gasteiger charge is -2.08. The number of nitrogens with zero attached hydrogens (tertiary/aromatic N) is 1. The number of rotatable bonds is 7. The van der Waals surface area contributed by atoms with Crippen LogP contribution in [0.15, 0.2) is 41.0 Å². The third-order valence-corrected chi connectivity index (χ3v) is 3.36. The molecule has 0 saturated heterocycles. The van der Waals surface area contributed by atoms with Crippen LogP contribution in [0.4, 0.5) is 10.1 Å². The first kappa shape index (κ1) is 15.7. The molecule has 0 unspecified atom stereocenters. The van der Waals surface area contributed by atoms with E-state index >= 15 is 0 Å². The van der Waals surface area contributed by atoms with Crippen molar-refractivity contribution < 1.29 is 13.9 Å². The van der Waals surface area contributed by atoms with E-state index in [1.807, 2.05) is 6.07 Å². The smallest absolute Gasteiger partial charge is 0.213 e. The Morgan fingerprint density at radius 3 is 2.76 bits per heavy atom. The zero-order valence-corrected chi connectivity index (χ0v) is 13.2. The molecule has 0 radical (unpaired) electrons. The predicted molar refractivity (Wildman–Crippen MR) is 83.0 cm³/mol. The molecule has 1 aromatic carbocycles. The maximum atomic E-state index is 13.1. The van der Waals surface area contributed by atoms with E-state index in [1.54, 1.807) is 31.5 Å². The average Bonchev–Trinajstić information content (AvgIpc) is 2.50. The molecule has 0 aliphatic heterocycles. The van der Waals surface area contributed by atoms with Gasteiger partial charge in [0.1, 0.15) is 12.4 Å². The Labute approximate surface area is 131 Å². The van der Waals surface area contributed by atoms with Gasteiger partial charge in [0.15, 0.2) is 0 Å². The minimum Gasteiger partial charge on any atom is -0.475 e. The van der Waals surface area contributed by atoms with Crippen LogP contribution in [0.25, 0.3) is 0 Å². The van der Waals surface area contributed by atoms with Crippen molar-refractivity contribution in [2.45, 2.75) is 6.54 Å². The molecule has 2 aromatic rings. The van der Waals surface area contributed by atoms with E-state index < -0.39 is 0 Å². The standard InChI is InChI=1S/C15H16BrFN2O2/c1-20-6-7-21-15-5-3-12(10-19-15)18-9-11-2-4-14(17)13(16)8-11/h2-5,8,10,18H,6-7,9H2,1H3. The topological polar surface area (TPSA) is 43.4 Å². The predicted octanol–water partition coefficient (Wildman–Crippen LogP) is 3.62. The molecule has 2 rings (SSSR count). The highest BCUT2D eigenvalue weighted by atomic mass is 79.9. The average molecular weight is 355 g/mol. The first-order valence-corrected chi connectivity index (χ1v) is 7.24. The molecule has 112 valence electrons. The van der Waals surface area contributed by atoms with E-state index in [0.717, 1.165) is 11.3 Å². The fraction of sp³-hybridized carbons (Fsp3) is 0.267. The SMILES string of the molecule is COCCOc1ccc(NCc2ccc(F)c(Br)c2)cn1. The molecule has 0 spiro atoms. The van der Waals surface area contributed by atoms with Gasteiger partial charge in [-0.15, -0.1) is 0 Å². The fourth-order valence-electron chi connectivity index (χ4n) is 1.65. The number of nitrogens with one attached hydrogen (secondary N) is 1. The zero-order valence-electron chi connectivity index (χ0n) is 11.6. The van der Waals surface area contributed by atoms with Gasteiger partial charge in [0.2, 0.25) is 5.88 Å². The molecule has 0 atom stereocenters. The van der Waals surface area contributed by atoms with Crippen molar-refractivity contribution in [1.29, 1.82) is 0 Å². The van der Waals surface area contributed by atoms with Gasteiger partial charge in [-0.05, 0) is 39.7 Å². The highest BCUT2D eigenvalue weighted by molar-refractivity contribution is 9.10. The maximum Gasteiger partial charge on any atom is 0.213 e. The van der Waals surface area contributed by atoms with Gasteiger partial charge in [0.25, 0.3) is 0 Å². The first-order chi connectivity index (χ1) is 10.2. The van der Waals surface area contributed by atoms with Crippen molar-refractivity contribution in [3.63, 3.8) is 0 Å². The van der Waals surface area contributed by atoms with Crippen molar-refractivity contribution in [1.82, 2.24) is 4.98 Å². The highest BCUT2D eigenvalue weighted by Gasteiger charge is 2.01. The lowest BCUT2D eigenvalue weighted by molar-refractivity contribution is 0.144. The van der Waals surface area contributed by atoms with Crippen LogP contribution in [0.1, 0.15) is 5.56 Å². The number of hydrogen-bond acceptors (Lipinski definition) is 4. The van der Waals surface area contributed by atoms with Gasteiger partial charge < -0.3 is 14.8 Å². The fourth-order valence-corrected chi connectivity index (χ4v) is 2.08. The van der Waals surface area contributed by atoms with Crippen LogP contribution < -0.4 is 10.1 Å². The van der Waals surface area contributed by atoms with E-state index in [2.05, 4.69) is 26.2 Å². The lowest BCUT2D eigenvalue weighted by atomic mass is 10.2. The van der Waals surface area contributed by atoms with Gasteiger partial charge in [0.05, 0.1) is 23.0 Å². The third-order valence-electron chi connectivity index (χ3n) is 2.75. The van der Waals surface area contributed by atoms with Crippen molar-refractivity contribution >= 4 is 21.6 Å². The van der Waals surface area contributed by atoms with Crippen molar-refractivity contribution in [3.05, 3.63) is 52.4 Å². The number of anilines is 1. The summed E-state index contributed by atoms with van der Waals surface area (Å²) >= 11 is 3.17. The van der Waals surface area contributed by atoms with Crippen LogP contribution in [0.3, 0.4) is 0 Å². The third kappa shape index (κ3) is 4.99. The summed E-state index contributed by atoms with van der Waals surface area (Å²) in [5.41, 5.74) is 1.85. The van der Waals surface area contributed by atoms with Crippen molar-refractivity contribution in [2.24, 2.45) is 0 Å². The summed E-state index contributed by atoms with van der Waals surface area (Å²) < 4.78 is 23.9. The summed E-state index contributed by atoms with van der Waals surface area (Å²) in [6, 6.07) is 8.60. The second kappa shape index (κ2) is 7.95. The molecule has 0 saturated carbocycles. The molecule has 21 heavy (non-hydrogen) atoms. The van der Waals surface area contributed by atoms with E-state index in [9.17, 15) is 4.39 Å². The maximum absolute atomic E-state index is 13.1. The summed E-state index contributed by atoms with van der Waals surface area (Å²) in [5, 5.41) is 3.22. The second-order valence-corrected chi connectivity index (χ2v) is 5.18. The van der Waals surface area contributed by atoms with Gasteiger partial charge in [-0.3, -0.25) is 0 Å². The first-order valence-electron chi connectivity index (χ1n) is 6.44. The van der Waals surface area contributed by atoms with E-state index in [4.69, 9.17) is 9.47 Å². The molecule has 6 heteroatoms. The Bertz CT molecular complexity index is 578. The zero-order chi connectivity index (χ0) is 15.1. The monoisotopic (exact) mass is 354 g/mol. The van der Waals surface area contributed by atoms with Gasteiger partial charge in [-0.1, -0.05) is 6.07 Å². The number of methoxy groups -OCH3 is 1. The molecule has 0 aliphatic carbocycles. The Kier molecular flexibility index (Phi) is 5.95. The summed E-state index contributed by atoms with van der Waals surface area (Å²) in [5.74, 6) is 0.292. The summed E-state index contributed by atoms with van der Waals surface area (Å²) in [4.78, 5) is 4.18. The molecular weight excluding hydrogens is 339 g/mol. The largest absolute Gasteiger partial charge is 0.475 e. The van der Waals surface area contributed by atoms with Crippen molar-refractivity contribution in [2.75, 3.05) is 25.6 Å². The van der Waals surface area contributed by atoms with Crippen LogP contribution in [0.2, 0.25) is 0 Å². The highest BCUT2D eigenvalue weighted by Crippen LogP contribution is 2.18. The molecule has 4 nitrogen and oxygen atoms in total. The molecule has 1 heterocycles. The van der Waals surface area contributed by atoms with Crippen molar-refractivity contribution in [3.8, 4) is 5.88 Å². The molecule has 0 bridgehead atoms. The number of hydrogen-bond donors (Lipinski definition) is 1. The summed E-state index contributed by atoms with van der Waals surface area (Å²) in [6.45, 7) is 1.59. The molecule has 0 fully saturated rings. The molecule has 0 amide bonds. The number of benzene rings is 1. The Morgan fingerprint density at radius 1 is 1.24 bits per heavy atom. The molecule has 1 N–H and O–H groups in total.